The van der Waals surface area contributed by atoms with Gasteiger partial charge in [0.05, 0.1) is 0 Å². The molecule has 0 unspecified atom stereocenters. The number of fused-ring (bicyclic) bond motifs is 7. The Morgan fingerprint density at radius 1 is 0.528 bits per heavy atom. The lowest BCUT2D eigenvalue weighted by atomic mass is 9.79. The molecule has 6 aromatic rings. The molecule has 0 atom stereocenters. The van der Waals surface area contributed by atoms with Crippen LogP contribution >= 0.6 is 0 Å². The number of rotatable bonds is 1. The second-order valence-electron chi connectivity index (χ2n) is 10.6. The highest BCUT2D eigenvalue weighted by molar-refractivity contribution is 6.06. The molecule has 0 amide bonds. The molecule has 1 aliphatic heterocycles. The molecule has 170 valence electrons. The van der Waals surface area contributed by atoms with Gasteiger partial charge in [-0.05, 0) is 79.4 Å². The topological polar surface area (TPSA) is 9.23 Å². The number of para-hydroxylation sites is 1. The van der Waals surface area contributed by atoms with E-state index < -0.39 is 0 Å². The Balaban J connectivity index is 1.32. The molecule has 8 rings (SSSR count). The molecule has 0 N–H and O–H groups in total. The van der Waals surface area contributed by atoms with E-state index in [9.17, 15) is 0 Å². The van der Waals surface area contributed by atoms with Crippen molar-refractivity contribution in [2.75, 3.05) is 0 Å². The summed E-state index contributed by atoms with van der Waals surface area (Å²) >= 11 is 0. The Morgan fingerprint density at radius 3 is 2.25 bits per heavy atom. The molecule has 36 heavy (non-hydrogen) atoms. The molecule has 1 nitrogen and oxygen atoms in total. The summed E-state index contributed by atoms with van der Waals surface area (Å²) < 4.78 is 6.44. The molecule has 1 aliphatic carbocycles. The zero-order valence-corrected chi connectivity index (χ0v) is 20.3. The highest BCUT2D eigenvalue weighted by Crippen LogP contribution is 2.53. The van der Waals surface area contributed by atoms with E-state index in [1.54, 1.807) is 0 Å². The molecule has 0 radical (unpaired) electrons. The van der Waals surface area contributed by atoms with Crippen LogP contribution in [0.1, 0.15) is 25.0 Å². The van der Waals surface area contributed by atoms with Gasteiger partial charge in [0.2, 0.25) is 0 Å². The van der Waals surface area contributed by atoms with Gasteiger partial charge in [0, 0.05) is 16.4 Å². The fraction of sp³-hybridized carbons (Fsp3) is 0.0857. The molecule has 0 aromatic heterocycles. The Labute approximate surface area is 210 Å². The highest BCUT2D eigenvalue weighted by Gasteiger charge is 2.37. The fourth-order valence-electron chi connectivity index (χ4n) is 6.54. The standard InChI is InChI=1S/C35H24O/c1-35(2)30-19-22(15-16-26(30)29-17-14-21-8-3-4-10-25(21)34(29)35)24-18-23-9-7-12-28-27-11-5-6-13-31(27)36-32(20-24)33(23)28/h3-20H,1-2H3. The van der Waals surface area contributed by atoms with E-state index in [1.807, 2.05) is 6.07 Å². The SMILES string of the molecule is CC1(C)c2cc(-c3cc4c5c(cccc5c3)-c3ccccc3O4)ccc2-c2ccc3ccccc3c21. The molecule has 0 fully saturated rings. The first-order valence-corrected chi connectivity index (χ1v) is 12.6. The van der Waals surface area contributed by atoms with Crippen LogP contribution in [-0.4, -0.2) is 0 Å². The maximum atomic E-state index is 6.44. The van der Waals surface area contributed by atoms with Gasteiger partial charge in [-0.1, -0.05) is 98.8 Å². The maximum absolute atomic E-state index is 6.44. The Hall–Kier alpha value is -4.36. The van der Waals surface area contributed by atoms with Gasteiger partial charge in [0.1, 0.15) is 11.5 Å². The van der Waals surface area contributed by atoms with Crippen LogP contribution in [0.15, 0.2) is 109 Å². The first-order valence-electron chi connectivity index (χ1n) is 12.6. The van der Waals surface area contributed by atoms with Gasteiger partial charge in [-0.2, -0.15) is 0 Å². The summed E-state index contributed by atoms with van der Waals surface area (Å²) in [5, 5.41) is 5.07. The largest absolute Gasteiger partial charge is 0.456 e. The summed E-state index contributed by atoms with van der Waals surface area (Å²) in [6.07, 6.45) is 0. The van der Waals surface area contributed by atoms with E-state index >= 15 is 0 Å². The predicted molar refractivity (Wildman–Crippen MR) is 150 cm³/mol. The first kappa shape index (κ1) is 19.9. The Morgan fingerprint density at radius 2 is 1.31 bits per heavy atom. The normalized spacial score (nSPS) is 14.3. The van der Waals surface area contributed by atoms with Crippen molar-refractivity contribution >= 4 is 21.5 Å². The van der Waals surface area contributed by atoms with Gasteiger partial charge in [-0.15, -0.1) is 0 Å². The Bertz CT molecular complexity index is 1890. The minimum Gasteiger partial charge on any atom is -0.456 e. The van der Waals surface area contributed by atoms with E-state index in [2.05, 4.69) is 117 Å². The average molecular weight is 461 g/mol. The summed E-state index contributed by atoms with van der Waals surface area (Å²) in [6.45, 7) is 4.73. The zero-order valence-electron chi connectivity index (χ0n) is 20.3. The molecular formula is C35H24O. The second-order valence-corrected chi connectivity index (χ2v) is 10.6. The number of benzene rings is 6. The molecule has 0 saturated carbocycles. The van der Waals surface area contributed by atoms with Crippen LogP contribution < -0.4 is 4.74 Å². The van der Waals surface area contributed by atoms with E-state index in [0.29, 0.717) is 0 Å². The monoisotopic (exact) mass is 460 g/mol. The van der Waals surface area contributed by atoms with Crippen LogP contribution in [0, 0.1) is 0 Å². The number of hydrogen-bond acceptors (Lipinski definition) is 1. The van der Waals surface area contributed by atoms with Gasteiger partial charge in [0.15, 0.2) is 0 Å². The number of ether oxygens (including phenoxy) is 1. The van der Waals surface area contributed by atoms with E-state index in [-0.39, 0.29) is 5.41 Å². The van der Waals surface area contributed by atoms with Crippen LogP contribution in [0.4, 0.5) is 0 Å². The van der Waals surface area contributed by atoms with Crippen molar-refractivity contribution in [3.63, 3.8) is 0 Å². The summed E-state index contributed by atoms with van der Waals surface area (Å²) in [5.41, 5.74) is 10.3. The van der Waals surface area contributed by atoms with Gasteiger partial charge in [-0.3, -0.25) is 0 Å². The predicted octanol–water partition coefficient (Wildman–Crippen LogP) is 9.74. The van der Waals surface area contributed by atoms with E-state index in [1.165, 1.54) is 60.5 Å². The minimum atomic E-state index is -0.0741. The van der Waals surface area contributed by atoms with Gasteiger partial charge < -0.3 is 4.74 Å². The van der Waals surface area contributed by atoms with Crippen LogP contribution in [0.25, 0.3) is 54.9 Å². The lowest BCUT2D eigenvalue weighted by Gasteiger charge is -2.24. The zero-order chi connectivity index (χ0) is 24.0. The van der Waals surface area contributed by atoms with Crippen LogP contribution in [0.2, 0.25) is 0 Å². The van der Waals surface area contributed by atoms with Gasteiger partial charge in [0.25, 0.3) is 0 Å². The van der Waals surface area contributed by atoms with Crippen molar-refractivity contribution in [3.8, 4) is 44.9 Å². The van der Waals surface area contributed by atoms with Crippen molar-refractivity contribution in [2.24, 2.45) is 0 Å². The Kier molecular flexibility index (Phi) is 3.79. The lowest BCUT2D eigenvalue weighted by Crippen LogP contribution is -2.15. The van der Waals surface area contributed by atoms with E-state index in [4.69, 9.17) is 4.74 Å². The van der Waals surface area contributed by atoms with Crippen LogP contribution in [0.3, 0.4) is 0 Å². The maximum Gasteiger partial charge on any atom is 0.136 e. The first-order chi connectivity index (χ1) is 17.6. The molecule has 1 heteroatoms. The molecule has 6 aromatic carbocycles. The van der Waals surface area contributed by atoms with Crippen LogP contribution in [-0.2, 0) is 5.41 Å². The van der Waals surface area contributed by atoms with Crippen molar-refractivity contribution in [1.82, 2.24) is 0 Å². The van der Waals surface area contributed by atoms with Crippen molar-refractivity contribution in [1.29, 1.82) is 0 Å². The van der Waals surface area contributed by atoms with Gasteiger partial charge in [-0.25, -0.2) is 0 Å². The molecule has 0 spiro atoms. The summed E-state index contributed by atoms with van der Waals surface area (Å²) in [7, 11) is 0. The van der Waals surface area contributed by atoms with Crippen molar-refractivity contribution in [3.05, 3.63) is 120 Å². The second kappa shape index (κ2) is 6.86. The van der Waals surface area contributed by atoms with Crippen molar-refractivity contribution in [2.45, 2.75) is 19.3 Å². The third kappa shape index (κ3) is 2.55. The van der Waals surface area contributed by atoms with Gasteiger partial charge >= 0.3 is 0 Å². The molecule has 0 saturated heterocycles. The minimum absolute atomic E-state index is 0.0741. The fourth-order valence-corrected chi connectivity index (χ4v) is 6.54. The summed E-state index contributed by atoms with van der Waals surface area (Å²) in [4.78, 5) is 0. The highest BCUT2D eigenvalue weighted by atomic mass is 16.5. The summed E-state index contributed by atoms with van der Waals surface area (Å²) in [6, 6.07) is 39.7. The third-order valence-electron chi connectivity index (χ3n) is 8.21. The summed E-state index contributed by atoms with van der Waals surface area (Å²) in [5.74, 6) is 1.86. The van der Waals surface area contributed by atoms with Crippen molar-refractivity contribution < 1.29 is 4.74 Å². The molecule has 1 heterocycles. The third-order valence-corrected chi connectivity index (χ3v) is 8.21. The quantitative estimate of drug-likeness (QED) is 0.237. The number of hydrogen-bond donors (Lipinski definition) is 0. The molecule has 0 bridgehead atoms. The molecular weight excluding hydrogens is 436 g/mol. The lowest BCUT2D eigenvalue weighted by molar-refractivity contribution is 0.487. The van der Waals surface area contributed by atoms with E-state index in [0.717, 1.165) is 17.1 Å². The van der Waals surface area contributed by atoms with Crippen LogP contribution in [0.5, 0.6) is 11.5 Å². The smallest absolute Gasteiger partial charge is 0.136 e. The average Bonchev–Trinajstić information content (AvgIpc) is 3.15. The molecule has 2 aliphatic rings.